The van der Waals surface area contributed by atoms with Crippen LogP contribution in [0.25, 0.3) is 0 Å². The third-order valence-electron chi connectivity index (χ3n) is 2.17. The predicted molar refractivity (Wildman–Crippen MR) is 116 cm³/mol. The van der Waals surface area contributed by atoms with Gasteiger partial charge in [-0.25, -0.2) is 0 Å². The Hall–Kier alpha value is 0.660. The van der Waals surface area contributed by atoms with E-state index in [1.54, 1.807) is 0 Å². The minimum Gasteiger partial charge on any atom is -0.361 e. The van der Waals surface area contributed by atoms with Gasteiger partial charge in [0, 0.05) is 12.8 Å². The molecule has 1 aliphatic rings. The van der Waals surface area contributed by atoms with Gasteiger partial charge < -0.3 is 89.4 Å². The maximum Gasteiger partial charge on any atom is 0.314 e. The molecule has 0 bridgehead atoms. The largest absolute Gasteiger partial charge is 0.361 e. The highest BCUT2D eigenvalue weighted by Crippen LogP contribution is 2.39. The lowest BCUT2D eigenvalue weighted by atomic mass is 9.83. The summed E-state index contributed by atoms with van der Waals surface area (Å²) in [6.07, 6.45) is -0.547. The second-order valence-electron chi connectivity index (χ2n) is 4.85. The van der Waals surface area contributed by atoms with E-state index in [4.69, 9.17) is 117 Å². The predicted octanol–water partition coefficient (Wildman–Crippen LogP) is -6.62. The minimum absolute atomic E-state index is 0.0862. The molecular formula is C6H30O24P6. The SMILES string of the molecule is O=[PH](O)O.O=[PH](O)O.O=[PH](O)O.O=[PH](O)O.O=[PH](O)O.O=[PH](O)O.OC1(O)CCCC(O)(O)C1(O)O. The van der Waals surface area contributed by atoms with Crippen LogP contribution in [0.15, 0.2) is 0 Å². The van der Waals surface area contributed by atoms with Crippen LogP contribution in [0.3, 0.4) is 0 Å². The van der Waals surface area contributed by atoms with Crippen LogP contribution in [-0.4, -0.2) is 107 Å². The average molecular weight is 672 g/mol. The van der Waals surface area contributed by atoms with Crippen LogP contribution in [0.5, 0.6) is 0 Å². The van der Waals surface area contributed by atoms with Crippen molar-refractivity contribution in [2.45, 2.75) is 36.6 Å². The van der Waals surface area contributed by atoms with E-state index >= 15 is 0 Å². The molecule has 228 valence electrons. The Labute approximate surface area is 203 Å². The fraction of sp³-hybridized carbons (Fsp3) is 1.00. The second-order valence-corrected chi connectivity index (χ2v) is 8.25. The van der Waals surface area contributed by atoms with Crippen LogP contribution < -0.4 is 0 Å². The van der Waals surface area contributed by atoms with Gasteiger partial charge in [0.05, 0.1) is 0 Å². The van der Waals surface area contributed by atoms with E-state index < -0.39 is 66.9 Å². The molecule has 30 heteroatoms. The number of hydrogen-bond acceptors (Lipinski definition) is 12. The Morgan fingerprint density at radius 2 is 0.472 bits per heavy atom. The van der Waals surface area contributed by atoms with E-state index in [9.17, 15) is 0 Å². The van der Waals surface area contributed by atoms with Crippen molar-refractivity contribution in [3.05, 3.63) is 0 Å². The van der Waals surface area contributed by atoms with Gasteiger partial charge in [0.1, 0.15) is 0 Å². The Balaban J connectivity index is -0.0000000797. The molecule has 0 aromatic carbocycles. The summed E-state index contributed by atoms with van der Waals surface area (Å²) < 4.78 is 52.4. The molecule has 18 N–H and O–H groups in total. The van der Waals surface area contributed by atoms with Crippen molar-refractivity contribution in [3.8, 4) is 0 Å². The maximum absolute atomic E-state index is 8.99. The van der Waals surface area contributed by atoms with E-state index in [0.717, 1.165) is 0 Å². The lowest BCUT2D eigenvalue weighted by Crippen LogP contribution is -2.70. The molecule has 0 saturated heterocycles. The lowest BCUT2D eigenvalue weighted by molar-refractivity contribution is -0.466. The van der Waals surface area contributed by atoms with Gasteiger partial charge in [0.15, 0.2) is 0 Å². The molecule has 1 saturated carbocycles. The van der Waals surface area contributed by atoms with Crippen LogP contribution >= 0.6 is 49.5 Å². The van der Waals surface area contributed by atoms with Gasteiger partial charge in [-0.3, -0.25) is 27.4 Å². The van der Waals surface area contributed by atoms with E-state index in [1.165, 1.54) is 0 Å². The zero-order valence-corrected chi connectivity index (χ0v) is 23.1. The molecule has 0 spiro atoms. The first-order valence-corrected chi connectivity index (χ1v) is 15.3. The molecule has 1 fully saturated rings. The number of hydrogen-bond donors (Lipinski definition) is 18. The summed E-state index contributed by atoms with van der Waals surface area (Å²) in [7, 11) is -18.8. The van der Waals surface area contributed by atoms with Crippen molar-refractivity contribution in [1.29, 1.82) is 0 Å². The zero-order valence-electron chi connectivity index (χ0n) is 17.1. The molecule has 0 aromatic heterocycles. The highest BCUT2D eigenvalue weighted by atomic mass is 31.1. The van der Waals surface area contributed by atoms with Crippen LogP contribution in [0.2, 0.25) is 0 Å². The molecule has 0 aliphatic heterocycles. The van der Waals surface area contributed by atoms with E-state index in [0.29, 0.717) is 0 Å². The van der Waals surface area contributed by atoms with Gasteiger partial charge in [-0.15, -0.1) is 0 Å². The van der Waals surface area contributed by atoms with Crippen molar-refractivity contribution < 1.29 is 117 Å². The van der Waals surface area contributed by atoms with Crippen LogP contribution in [0, 0.1) is 0 Å². The molecule has 0 atom stereocenters. The fourth-order valence-corrected chi connectivity index (χ4v) is 1.25. The van der Waals surface area contributed by atoms with Gasteiger partial charge in [-0.1, -0.05) is 0 Å². The number of aliphatic hydroxyl groups is 6. The Kier molecular flexibility index (Phi) is 37.5. The molecule has 24 nitrogen and oxygen atoms in total. The van der Waals surface area contributed by atoms with E-state index in [1.807, 2.05) is 0 Å². The highest BCUT2D eigenvalue weighted by molar-refractivity contribution is 7.31. The summed E-state index contributed by atoms with van der Waals surface area (Å²) in [6, 6.07) is 0. The van der Waals surface area contributed by atoms with Crippen LogP contribution in [0.1, 0.15) is 19.3 Å². The van der Waals surface area contributed by atoms with Crippen molar-refractivity contribution in [2.24, 2.45) is 0 Å². The average Bonchev–Trinajstić information content (AvgIpc) is 2.49. The molecule has 0 heterocycles. The van der Waals surface area contributed by atoms with Gasteiger partial charge in [-0.05, 0) is 6.42 Å². The molecule has 0 unspecified atom stereocenters. The third-order valence-corrected chi connectivity index (χ3v) is 2.17. The standard InChI is InChI=1S/C6H12O6.6H3O3P/c7-4(8)2-1-3-5(9,10)6(4,11)12;6*1-4(2)3/h7-12H,1-3H2;6*4H,(H2,1,2,3). The first-order valence-electron chi connectivity index (χ1n) is 7.46. The van der Waals surface area contributed by atoms with Gasteiger partial charge in [0.2, 0.25) is 11.6 Å². The minimum atomic E-state index is -3.31. The Morgan fingerprint density at radius 3 is 0.556 bits per heavy atom. The van der Waals surface area contributed by atoms with Gasteiger partial charge in [0.25, 0.3) is 5.79 Å². The first-order chi connectivity index (χ1) is 15.6. The van der Waals surface area contributed by atoms with Crippen molar-refractivity contribution in [3.63, 3.8) is 0 Å². The number of rotatable bonds is 0. The molecule has 36 heavy (non-hydrogen) atoms. The molecule has 0 radical (unpaired) electrons. The normalized spacial score (nSPS) is 16.3. The van der Waals surface area contributed by atoms with Crippen molar-refractivity contribution in [2.75, 3.05) is 0 Å². The zero-order chi connectivity index (χ0) is 31.1. The summed E-state index contributed by atoms with van der Waals surface area (Å²) in [4.78, 5) is 85.9. The molecule has 1 aliphatic carbocycles. The van der Waals surface area contributed by atoms with Crippen molar-refractivity contribution in [1.82, 2.24) is 0 Å². The molecular weight excluding hydrogens is 642 g/mol. The van der Waals surface area contributed by atoms with E-state index in [2.05, 4.69) is 0 Å². The topological polar surface area (TPSA) is 467 Å². The smallest absolute Gasteiger partial charge is 0.314 e. The quantitative estimate of drug-likeness (QED) is 0.0839. The highest BCUT2D eigenvalue weighted by Gasteiger charge is 2.63. The molecule has 0 amide bonds. The monoisotopic (exact) mass is 672 g/mol. The second kappa shape index (κ2) is 27.2. The Bertz CT molecular complexity index is 539. The fourth-order valence-electron chi connectivity index (χ4n) is 1.25. The maximum atomic E-state index is 8.99. The third kappa shape index (κ3) is 55.3. The van der Waals surface area contributed by atoms with Crippen LogP contribution in [-0.2, 0) is 27.4 Å². The molecule has 0 aromatic rings. The summed E-state index contributed by atoms with van der Waals surface area (Å²) in [5.74, 6) is -9.07. The summed E-state index contributed by atoms with van der Waals surface area (Å²) in [6.45, 7) is 0. The van der Waals surface area contributed by atoms with Crippen molar-refractivity contribution >= 4 is 49.5 Å². The summed E-state index contributed by atoms with van der Waals surface area (Å²) in [5.41, 5.74) is 0. The lowest BCUT2D eigenvalue weighted by Gasteiger charge is -2.46. The molecule has 1 rings (SSSR count). The van der Waals surface area contributed by atoms with Gasteiger partial charge in [-0.2, -0.15) is 0 Å². The first kappa shape index (κ1) is 49.6. The Morgan fingerprint density at radius 1 is 0.361 bits per heavy atom. The van der Waals surface area contributed by atoms with Gasteiger partial charge >= 0.3 is 49.5 Å². The van der Waals surface area contributed by atoms with E-state index in [-0.39, 0.29) is 19.3 Å². The summed E-state index contributed by atoms with van der Waals surface area (Å²) >= 11 is 0. The summed E-state index contributed by atoms with van der Waals surface area (Å²) in [5, 5.41) is 53.9. The van der Waals surface area contributed by atoms with Crippen LogP contribution in [0.4, 0.5) is 0 Å².